The molecule has 0 saturated carbocycles. The number of carboxylic acid groups (broad SMARTS) is 1. The molecule has 1 aromatic carbocycles. The minimum Gasteiger partial charge on any atom is -0.475 e. The lowest BCUT2D eigenvalue weighted by molar-refractivity contribution is 0.0661. The average Bonchev–Trinajstić information content (AvgIpc) is 2.63. The molecule has 2 aromatic rings. The Morgan fingerprint density at radius 1 is 1.28 bits per heavy atom. The van der Waals surface area contributed by atoms with Crippen LogP contribution >= 0.6 is 23.2 Å². The molecular weight excluding hydrogens is 275 g/mol. The molecule has 0 aliphatic heterocycles. The van der Waals surface area contributed by atoms with E-state index in [0.29, 0.717) is 21.6 Å². The average molecular weight is 287 g/mol. The lowest BCUT2D eigenvalue weighted by Gasteiger charge is -2.17. The second-order valence-corrected chi connectivity index (χ2v) is 5.88. The Morgan fingerprint density at radius 3 is 2.39 bits per heavy atom. The third kappa shape index (κ3) is 1.98. The van der Waals surface area contributed by atoms with Crippen LogP contribution in [0.5, 0.6) is 0 Å². The van der Waals surface area contributed by atoms with E-state index < -0.39 is 5.97 Å². The number of halogens is 2. The highest BCUT2D eigenvalue weighted by Gasteiger charge is 2.30. The van der Waals surface area contributed by atoms with Gasteiger partial charge in [0.15, 0.2) is 5.58 Å². The van der Waals surface area contributed by atoms with Crippen molar-refractivity contribution in [1.29, 1.82) is 0 Å². The van der Waals surface area contributed by atoms with Crippen LogP contribution in [0.3, 0.4) is 0 Å². The van der Waals surface area contributed by atoms with Crippen LogP contribution in [0.2, 0.25) is 10.0 Å². The van der Waals surface area contributed by atoms with E-state index in [1.807, 2.05) is 20.8 Å². The van der Waals surface area contributed by atoms with Gasteiger partial charge in [-0.05, 0) is 17.5 Å². The first-order valence-corrected chi connectivity index (χ1v) is 6.13. The van der Waals surface area contributed by atoms with Gasteiger partial charge in [0.1, 0.15) is 5.02 Å². The van der Waals surface area contributed by atoms with Crippen molar-refractivity contribution in [1.82, 2.24) is 0 Å². The minimum atomic E-state index is -1.11. The third-order valence-electron chi connectivity index (χ3n) is 2.69. The molecule has 0 spiro atoms. The Kier molecular flexibility index (Phi) is 3.07. The molecule has 5 heteroatoms. The van der Waals surface area contributed by atoms with Crippen molar-refractivity contribution in [2.75, 3.05) is 0 Å². The SMILES string of the molecule is CC(C)(C)c1c(C(=O)O)oc2c(Cl)c(Cl)ccc12. The maximum Gasteiger partial charge on any atom is 0.372 e. The van der Waals surface area contributed by atoms with E-state index in [-0.39, 0.29) is 16.2 Å². The lowest BCUT2D eigenvalue weighted by atomic mass is 9.85. The van der Waals surface area contributed by atoms with E-state index in [1.165, 1.54) is 0 Å². The van der Waals surface area contributed by atoms with E-state index in [9.17, 15) is 9.90 Å². The molecule has 18 heavy (non-hydrogen) atoms. The van der Waals surface area contributed by atoms with Crippen molar-refractivity contribution in [3.05, 3.63) is 33.5 Å². The number of furan rings is 1. The van der Waals surface area contributed by atoms with E-state index in [1.54, 1.807) is 12.1 Å². The summed E-state index contributed by atoms with van der Waals surface area (Å²) >= 11 is 12.0. The van der Waals surface area contributed by atoms with Crippen LogP contribution in [0.4, 0.5) is 0 Å². The van der Waals surface area contributed by atoms with Gasteiger partial charge in [0.05, 0.1) is 5.02 Å². The van der Waals surface area contributed by atoms with Crippen molar-refractivity contribution in [3.63, 3.8) is 0 Å². The van der Waals surface area contributed by atoms with Gasteiger partial charge >= 0.3 is 5.97 Å². The first-order chi connectivity index (χ1) is 8.23. The van der Waals surface area contributed by atoms with E-state index in [2.05, 4.69) is 0 Å². The predicted octanol–water partition coefficient (Wildman–Crippen LogP) is 4.74. The molecule has 0 atom stereocenters. The summed E-state index contributed by atoms with van der Waals surface area (Å²) in [6.07, 6.45) is 0. The van der Waals surface area contributed by atoms with Crippen molar-refractivity contribution in [2.24, 2.45) is 0 Å². The fourth-order valence-corrected chi connectivity index (χ4v) is 2.35. The van der Waals surface area contributed by atoms with Gasteiger partial charge in [0.2, 0.25) is 5.76 Å². The largest absolute Gasteiger partial charge is 0.475 e. The first-order valence-electron chi connectivity index (χ1n) is 5.37. The van der Waals surface area contributed by atoms with Crippen LogP contribution in [0.25, 0.3) is 11.0 Å². The quantitative estimate of drug-likeness (QED) is 0.824. The Hall–Kier alpha value is -1.19. The van der Waals surface area contributed by atoms with Gasteiger partial charge in [-0.3, -0.25) is 0 Å². The summed E-state index contributed by atoms with van der Waals surface area (Å²) in [4.78, 5) is 11.3. The number of rotatable bonds is 1. The van der Waals surface area contributed by atoms with Gasteiger partial charge in [0.25, 0.3) is 0 Å². The number of fused-ring (bicyclic) bond motifs is 1. The van der Waals surface area contributed by atoms with Crippen LogP contribution in [0.15, 0.2) is 16.5 Å². The molecule has 0 bridgehead atoms. The van der Waals surface area contributed by atoms with Crippen LogP contribution < -0.4 is 0 Å². The zero-order valence-electron chi connectivity index (χ0n) is 10.2. The van der Waals surface area contributed by atoms with E-state index in [0.717, 1.165) is 0 Å². The van der Waals surface area contributed by atoms with Crippen molar-refractivity contribution in [3.8, 4) is 0 Å². The van der Waals surface area contributed by atoms with Crippen molar-refractivity contribution < 1.29 is 14.3 Å². The molecule has 0 radical (unpaired) electrons. The number of carboxylic acids is 1. The van der Waals surface area contributed by atoms with Crippen molar-refractivity contribution in [2.45, 2.75) is 26.2 Å². The summed E-state index contributed by atoms with van der Waals surface area (Å²) in [5, 5.41) is 10.5. The Morgan fingerprint density at radius 2 is 1.89 bits per heavy atom. The zero-order valence-corrected chi connectivity index (χ0v) is 11.7. The van der Waals surface area contributed by atoms with Gasteiger partial charge in [-0.15, -0.1) is 0 Å². The summed E-state index contributed by atoms with van der Waals surface area (Å²) in [7, 11) is 0. The van der Waals surface area contributed by atoms with Crippen LogP contribution in [-0.2, 0) is 5.41 Å². The molecule has 3 nitrogen and oxygen atoms in total. The number of benzene rings is 1. The van der Waals surface area contributed by atoms with Gasteiger partial charge in [0, 0.05) is 10.9 Å². The number of aromatic carboxylic acids is 1. The summed E-state index contributed by atoms with van der Waals surface area (Å²) in [5.74, 6) is -1.19. The molecule has 96 valence electrons. The lowest BCUT2D eigenvalue weighted by Crippen LogP contribution is -2.15. The molecule has 0 aliphatic carbocycles. The molecule has 0 aliphatic rings. The predicted molar refractivity (Wildman–Crippen MR) is 71.9 cm³/mol. The molecule has 1 heterocycles. The monoisotopic (exact) mass is 286 g/mol. The second-order valence-electron chi connectivity index (χ2n) is 5.10. The highest BCUT2D eigenvalue weighted by molar-refractivity contribution is 6.45. The molecule has 1 N–H and O–H groups in total. The second kappa shape index (κ2) is 4.18. The molecule has 0 unspecified atom stereocenters. The topological polar surface area (TPSA) is 50.4 Å². The Bertz CT molecular complexity index is 636. The Labute approximate surface area is 114 Å². The first kappa shape index (κ1) is 13.2. The van der Waals surface area contributed by atoms with E-state index in [4.69, 9.17) is 27.6 Å². The van der Waals surface area contributed by atoms with Gasteiger partial charge < -0.3 is 9.52 Å². The third-order valence-corrected chi connectivity index (χ3v) is 3.48. The smallest absolute Gasteiger partial charge is 0.372 e. The molecule has 0 saturated heterocycles. The van der Waals surface area contributed by atoms with Gasteiger partial charge in [-0.2, -0.15) is 0 Å². The van der Waals surface area contributed by atoms with Gasteiger partial charge in [-0.25, -0.2) is 4.79 Å². The summed E-state index contributed by atoms with van der Waals surface area (Å²) in [6.45, 7) is 5.77. The van der Waals surface area contributed by atoms with Crippen LogP contribution in [0, 0.1) is 0 Å². The molecule has 1 aromatic heterocycles. The van der Waals surface area contributed by atoms with Crippen LogP contribution in [0.1, 0.15) is 36.9 Å². The highest BCUT2D eigenvalue weighted by Crippen LogP contribution is 2.40. The standard InChI is InChI=1S/C13H12Cl2O3/c1-13(2,3)8-6-4-5-7(14)9(15)10(6)18-11(8)12(16)17/h4-5H,1-3H3,(H,16,17). The summed E-state index contributed by atoms with van der Waals surface area (Å²) in [6, 6.07) is 3.38. The normalized spacial score (nSPS) is 12.1. The van der Waals surface area contributed by atoms with Crippen molar-refractivity contribution >= 4 is 40.1 Å². The van der Waals surface area contributed by atoms with Crippen LogP contribution in [-0.4, -0.2) is 11.1 Å². The highest BCUT2D eigenvalue weighted by atomic mass is 35.5. The van der Waals surface area contributed by atoms with Gasteiger partial charge in [-0.1, -0.05) is 44.0 Å². The molecule has 2 rings (SSSR count). The maximum atomic E-state index is 11.3. The maximum absolute atomic E-state index is 11.3. The zero-order chi connectivity index (χ0) is 13.7. The fraction of sp³-hybridized carbons (Fsp3) is 0.308. The fourth-order valence-electron chi connectivity index (χ4n) is 2.00. The molecule has 0 fully saturated rings. The van der Waals surface area contributed by atoms with E-state index >= 15 is 0 Å². The number of hydrogen-bond donors (Lipinski definition) is 1. The summed E-state index contributed by atoms with van der Waals surface area (Å²) in [5.41, 5.74) is 0.589. The molecule has 0 amide bonds. The number of carbonyl (C=O) groups is 1. The minimum absolute atomic E-state index is 0.0818. The Balaban J connectivity index is 2.94. The molecular formula is C13H12Cl2O3. The summed E-state index contributed by atoms with van der Waals surface area (Å²) < 4.78 is 5.38. The number of hydrogen-bond acceptors (Lipinski definition) is 2.